The number of nitrogens with zero attached hydrogens (tertiary/aromatic N) is 2. The van der Waals surface area contributed by atoms with Crippen molar-refractivity contribution in [2.75, 3.05) is 0 Å². The summed E-state index contributed by atoms with van der Waals surface area (Å²) < 4.78 is 8.08. The van der Waals surface area contributed by atoms with Gasteiger partial charge in [0.05, 0.1) is 6.33 Å². The van der Waals surface area contributed by atoms with Crippen LogP contribution in [0.1, 0.15) is 38.3 Å². The van der Waals surface area contributed by atoms with E-state index in [1.54, 1.807) is 6.33 Å². The molecule has 7 rings (SSSR count). The monoisotopic (exact) mass is 570 g/mol. The summed E-state index contributed by atoms with van der Waals surface area (Å²) in [7, 11) is 0. The summed E-state index contributed by atoms with van der Waals surface area (Å²) in [6.07, 6.45) is 3.65. The molecule has 0 aliphatic carbocycles. The molecule has 0 aliphatic rings. The fourth-order valence-electron chi connectivity index (χ4n) is 5.95. The molecule has 0 N–H and O–H groups in total. The molecule has 0 aliphatic heterocycles. The van der Waals surface area contributed by atoms with E-state index in [1.807, 2.05) is 128 Å². The highest BCUT2D eigenvalue weighted by Crippen LogP contribution is 2.41. The zero-order chi connectivity index (χ0) is 29.8. The van der Waals surface area contributed by atoms with E-state index in [-0.39, 0.29) is 5.78 Å². The van der Waals surface area contributed by atoms with Crippen LogP contribution >= 0.6 is 0 Å². The van der Waals surface area contributed by atoms with Gasteiger partial charge in [0, 0.05) is 11.8 Å². The SMILES string of the molecule is O=C(c1ccc2cc(OCc3ccccc3)ccc2c1)c1cn(C(c2ccccc2)(c2ccccc2)c2ccccc2)cn1. The van der Waals surface area contributed by atoms with Gasteiger partial charge < -0.3 is 9.30 Å². The maximum atomic E-state index is 13.9. The molecule has 1 heterocycles. The van der Waals surface area contributed by atoms with Crippen molar-refractivity contribution in [1.82, 2.24) is 9.55 Å². The Kier molecular flexibility index (Phi) is 7.31. The molecule has 0 radical (unpaired) electrons. The summed E-state index contributed by atoms with van der Waals surface area (Å²) in [6.45, 7) is 0.502. The van der Waals surface area contributed by atoms with E-state index in [1.165, 1.54) is 0 Å². The summed E-state index contributed by atoms with van der Waals surface area (Å²) in [5, 5.41) is 1.98. The van der Waals surface area contributed by atoms with Crippen LogP contribution in [0.5, 0.6) is 5.75 Å². The van der Waals surface area contributed by atoms with Gasteiger partial charge in [-0.15, -0.1) is 0 Å². The maximum absolute atomic E-state index is 13.9. The van der Waals surface area contributed by atoms with E-state index in [2.05, 4.69) is 45.9 Å². The van der Waals surface area contributed by atoms with E-state index < -0.39 is 5.54 Å². The summed E-state index contributed by atoms with van der Waals surface area (Å²) in [4.78, 5) is 18.5. The molecular weight excluding hydrogens is 540 g/mol. The number of imidazole rings is 1. The Hall–Kier alpha value is -5.74. The van der Waals surface area contributed by atoms with Crippen molar-refractivity contribution in [3.05, 3.63) is 204 Å². The highest BCUT2D eigenvalue weighted by Gasteiger charge is 2.38. The quantitative estimate of drug-likeness (QED) is 0.129. The highest BCUT2D eigenvalue weighted by molar-refractivity contribution is 6.09. The number of benzene rings is 6. The second kappa shape index (κ2) is 11.9. The predicted molar refractivity (Wildman–Crippen MR) is 175 cm³/mol. The van der Waals surface area contributed by atoms with Gasteiger partial charge in [0.2, 0.25) is 5.78 Å². The number of hydrogen-bond acceptors (Lipinski definition) is 3. The number of ether oxygens (including phenoxy) is 1. The van der Waals surface area contributed by atoms with Gasteiger partial charge >= 0.3 is 0 Å². The predicted octanol–water partition coefficient (Wildman–Crippen LogP) is 8.69. The first-order chi connectivity index (χ1) is 21.7. The van der Waals surface area contributed by atoms with E-state index in [4.69, 9.17) is 4.74 Å². The van der Waals surface area contributed by atoms with Crippen molar-refractivity contribution in [1.29, 1.82) is 0 Å². The van der Waals surface area contributed by atoms with Gasteiger partial charge in [-0.25, -0.2) is 4.98 Å². The lowest BCUT2D eigenvalue weighted by Gasteiger charge is -2.37. The molecular formula is C40H30N2O2. The van der Waals surface area contributed by atoms with E-state index in [9.17, 15) is 4.79 Å². The van der Waals surface area contributed by atoms with Crippen LogP contribution in [0.4, 0.5) is 0 Å². The molecule has 0 atom stereocenters. The van der Waals surface area contributed by atoms with Crippen molar-refractivity contribution >= 4 is 16.6 Å². The Morgan fingerprint density at radius 2 is 1.14 bits per heavy atom. The lowest BCUT2D eigenvalue weighted by molar-refractivity contribution is 0.103. The van der Waals surface area contributed by atoms with Crippen LogP contribution in [-0.2, 0) is 12.1 Å². The summed E-state index contributed by atoms with van der Waals surface area (Å²) in [5.41, 5.74) is 4.59. The van der Waals surface area contributed by atoms with Gasteiger partial charge in [-0.05, 0) is 51.2 Å². The second-order valence-corrected chi connectivity index (χ2v) is 10.8. The van der Waals surface area contributed by atoms with Crippen molar-refractivity contribution < 1.29 is 9.53 Å². The molecule has 6 aromatic carbocycles. The van der Waals surface area contributed by atoms with Crippen LogP contribution in [0, 0.1) is 0 Å². The zero-order valence-electron chi connectivity index (χ0n) is 24.1. The minimum Gasteiger partial charge on any atom is -0.489 e. The lowest BCUT2D eigenvalue weighted by Crippen LogP contribution is -2.37. The zero-order valence-corrected chi connectivity index (χ0v) is 24.1. The van der Waals surface area contributed by atoms with Crippen LogP contribution in [0.3, 0.4) is 0 Å². The average Bonchev–Trinajstić information content (AvgIpc) is 3.59. The number of hydrogen-bond donors (Lipinski definition) is 0. The fourth-order valence-corrected chi connectivity index (χ4v) is 5.95. The van der Waals surface area contributed by atoms with Crippen LogP contribution < -0.4 is 4.74 Å². The highest BCUT2D eigenvalue weighted by atomic mass is 16.5. The number of aromatic nitrogens is 2. The maximum Gasteiger partial charge on any atom is 0.212 e. The summed E-state index contributed by atoms with van der Waals surface area (Å²) >= 11 is 0. The Labute approximate surface area is 256 Å². The molecule has 0 bridgehead atoms. The Balaban J connectivity index is 1.24. The normalized spacial score (nSPS) is 11.4. The van der Waals surface area contributed by atoms with Crippen molar-refractivity contribution in [2.24, 2.45) is 0 Å². The molecule has 1 aromatic heterocycles. The van der Waals surface area contributed by atoms with E-state index >= 15 is 0 Å². The number of carbonyl (C=O) groups is 1. The lowest BCUT2D eigenvalue weighted by atomic mass is 9.77. The second-order valence-electron chi connectivity index (χ2n) is 10.8. The van der Waals surface area contributed by atoms with Gasteiger partial charge in [-0.3, -0.25) is 4.79 Å². The van der Waals surface area contributed by atoms with Crippen molar-refractivity contribution in [3.8, 4) is 5.75 Å². The standard InChI is InChI=1S/C40H30N2O2/c43-39(33-22-21-32-26-37(24-23-31(32)25-33)44-28-30-13-5-1-6-14-30)38-27-42(29-41-38)40(34-15-7-2-8-16-34,35-17-9-3-10-18-35)36-19-11-4-12-20-36/h1-27,29H,28H2. The Morgan fingerprint density at radius 3 is 1.73 bits per heavy atom. The molecule has 0 spiro atoms. The Morgan fingerprint density at radius 1 is 0.614 bits per heavy atom. The topological polar surface area (TPSA) is 44.1 Å². The van der Waals surface area contributed by atoms with Gasteiger partial charge in [0.15, 0.2) is 0 Å². The number of carbonyl (C=O) groups excluding carboxylic acids is 1. The fraction of sp³-hybridized carbons (Fsp3) is 0.0500. The average molecular weight is 571 g/mol. The van der Waals surface area contributed by atoms with Crippen LogP contribution in [0.2, 0.25) is 0 Å². The number of fused-ring (bicyclic) bond motifs is 1. The number of ketones is 1. The van der Waals surface area contributed by atoms with Crippen molar-refractivity contribution in [3.63, 3.8) is 0 Å². The Bertz CT molecular complexity index is 1920. The molecule has 212 valence electrons. The third-order valence-electron chi connectivity index (χ3n) is 8.10. The molecule has 44 heavy (non-hydrogen) atoms. The van der Waals surface area contributed by atoms with Gasteiger partial charge in [0.1, 0.15) is 23.6 Å². The molecule has 0 saturated heterocycles. The minimum absolute atomic E-state index is 0.127. The molecule has 7 aromatic rings. The summed E-state index contributed by atoms with van der Waals surface area (Å²) in [5.74, 6) is 0.663. The molecule has 0 amide bonds. The van der Waals surface area contributed by atoms with E-state index in [0.717, 1.165) is 38.8 Å². The third-order valence-corrected chi connectivity index (χ3v) is 8.10. The van der Waals surface area contributed by atoms with Gasteiger partial charge in [-0.2, -0.15) is 0 Å². The van der Waals surface area contributed by atoms with Crippen LogP contribution in [0.25, 0.3) is 10.8 Å². The first kappa shape index (κ1) is 27.1. The first-order valence-electron chi connectivity index (χ1n) is 14.7. The third kappa shape index (κ3) is 5.07. The van der Waals surface area contributed by atoms with Crippen LogP contribution in [0.15, 0.2) is 170 Å². The van der Waals surface area contributed by atoms with Gasteiger partial charge in [0.25, 0.3) is 0 Å². The smallest absolute Gasteiger partial charge is 0.212 e. The first-order valence-corrected chi connectivity index (χ1v) is 14.7. The largest absolute Gasteiger partial charge is 0.489 e. The molecule has 4 heteroatoms. The van der Waals surface area contributed by atoms with E-state index in [0.29, 0.717) is 17.9 Å². The molecule has 0 unspecified atom stereocenters. The van der Waals surface area contributed by atoms with Crippen LogP contribution in [-0.4, -0.2) is 15.3 Å². The molecule has 4 nitrogen and oxygen atoms in total. The van der Waals surface area contributed by atoms with Gasteiger partial charge in [-0.1, -0.05) is 140 Å². The molecule has 0 saturated carbocycles. The minimum atomic E-state index is -0.727. The number of rotatable bonds is 9. The molecule has 0 fully saturated rings. The summed E-state index contributed by atoms with van der Waals surface area (Å²) in [6, 6.07) is 52.9. The van der Waals surface area contributed by atoms with Crippen molar-refractivity contribution in [2.45, 2.75) is 12.1 Å².